The fourth-order valence-corrected chi connectivity index (χ4v) is 1.39. The van der Waals surface area contributed by atoms with Crippen LogP contribution in [0.15, 0.2) is 18.2 Å². The maximum Gasteiger partial charge on any atom is 0.356 e. The summed E-state index contributed by atoms with van der Waals surface area (Å²) >= 11 is 0. The number of nitrogen functional groups attached to an aromatic ring is 1. The summed E-state index contributed by atoms with van der Waals surface area (Å²) in [5.74, 6) is 0. The van der Waals surface area contributed by atoms with Gasteiger partial charge in [0, 0.05) is 5.69 Å². The third kappa shape index (κ3) is 1.85. The van der Waals surface area contributed by atoms with Gasteiger partial charge in [-0.1, -0.05) is 6.07 Å². The highest BCUT2D eigenvalue weighted by molar-refractivity contribution is 7.60. The zero-order valence-electron chi connectivity index (χ0n) is 6.56. The maximum atomic E-state index is 10.7. The Balaban J connectivity index is 3.23. The molecule has 0 unspecified atom stereocenters. The molecule has 0 radical (unpaired) electrons. The highest BCUT2D eigenvalue weighted by Gasteiger charge is 2.16. The van der Waals surface area contributed by atoms with E-state index < -0.39 is 7.60 Å². The lowest BCUT2D eigenvalue weighted by Gasteiger charge is -2.05. The Morgan fingerprint density at radius 1 is 1.42 bits per heavy atom. The van der Waals surface area contributed by atoms with E-state index in [0.717, 1.165) is 5.56 Å². The molecular weight excluding hydrogens is 177 g/mol. The monoisotopic (exact) mass is 187 g/mol. The van der Waals surface area contributed by atoms with E-state index in [-0.39, 0.29) is 5.30 Å². The minimum absolute atomic E-state index is 0.0365. The predicted octanol–water partition coefficient (Wildman–Crippen LogP) is 0.380. The Kier molecular flexibility index (Phi) is 2.24. The summed E-state index contributed by atoms with van der Waals surface area (Å²) < 4.78 is 10.7. The van der Waals surface area contributed by atoms with E-state index >= 15 is 0 Å². The summed E-state index contributed by atoms with van der Waals surface area (Å²) in [4.78, 5) is 17.5. The molecule has 0 spiro atoms. The number of hydrogen-bond acceptors (Lipinski definition) is 2. The van der Waals surface area contributed by atoms with Crippen molar-refractivity contribution in [2.45, 2.75) is 6.92 Å². The third-order valence-electron chi connectivity index (χ3n) is 1.60. The van der Waals surface area contributed by atoms with Crippen molar-refractivity contribution in [1.82, 2.24) is 0 Å². The second-order valence-corrected chi connectivity index (χ2v) is 4.19. The van der Waals surface area contributed by atoms with Crippen LogP contribution in [0.3, 0.4) is 0 Å². The average molecular weight is 187 g/mol. The minimum atomic E-state index is -4.14. The minimum Gasteiger partial charge on any atom is -0.398 e. The number of rotatable bonds is 1. The van der Waals surface area contributed by atoms with Crippen molar-refractivity contribution in [2.24, 2.45) is 0 Å². The smallest absolute Gasteiger partial charge is 0.356 e. The predicted molar refractivity (Wildman–Crippen MR) is 47.3 cm³/mol. The molecule has 0 saturated carbocycles. The lowest BCUT2D eigenvalue weighted by Crippen LogP contribution is -2.05. The zero-order valence-corrected chi connectivity index (χ0v) is 7.45. The average Bonchev–Trinajstić information content (AvgIpc) is 1.92. The van der Waals surface area contributed by atoms with Gasteiger partial charge in [0.2, 0.25) is 0 Å². The fourth-order valence-electron chi connectivity index (χ4n) is 0.809. The van der Waals surface area contributed by atoms with Crippen molar-refractivity contribution >= 4 is 18.6 Å². The number of anilines is 1. The van der Waals surface area contributed by atoms with Gasteiger partial charge in [-0.05, 0) is 24.6 Å². The summed E-state index contributed by atoms with van der Waals surface area (Å²) in [5, 5.41) is -0.0365. The van der Waals surface area contributed by atoms with E-state index in [2.05, 4.69) is 0 Å². The Hall–Kier alpha value is -0.830. The van der Waals surface area contributed by atoms with E-state index in [9.17, 15) is 4.57 Å². The molecule has 12 heavy (non-hydrogen) atoms. The Labute approximate surface area is 70.2 Å². The van der Waals surface area contributed by atoms with Gasteiger partial charge in [0.05, 0.1) is 5.30 Å². The fraction of sp³-hybridized carbons (Fsp3) is 0.143. The van der Waals surface area contributed by atoms with E-state index in [0.29, 0.717) is 5.69 Å². The van der Waals surface area contributed by atoms with Crippen LogP contribution < -0.4 is 11.0 Å². The number of nitrogens with two attached hydrogens (primary N) is 1. The molecule has 4 N–H and O–H groups in total. The summed E-state index contributed by atoms with van der Waals surface area (Å²) in [5.41, 5.74) is 6.69. The molecule has 0 saturated heterocycles. The van der Waals surface area contributed by atoms with Gasteiger partial charge in [-0.2, -0.15) is 0 Å². The van der Waals surface area contributed by atoms with Crippen LogP contribution in [0.5, 0.6) is 0 Å². The van der Waals surface area contributed by atoms with E-state index in [4.69, 9.17) is 15.5 Å². The molecule has 0 aliphatic carbocycles. The molecule has 0 bridgehead atoms. The van der Waals surface area contributed by atoms with Crippen LogP contribution in [0, 0.1) is 6.92 Å². The first kappa shape index (κ1) is 9.26. The van der Waals surface area contributed by atoms with Crippen molar-refractivity contribution in [1.29, 1.82) is 0 Å². The molecule has 4 nitrogen and oxygen atoms in total. The van der Waals surface area contributed by atoms with E-state index in [1.54, 1.807) is 13.0 Å². The molecular formula is C7H10NO3P. The van der Waals surface area contributed by atoms with Crippen molar-refractivity contribution in [2.75, 3.05) is 5.73 Å². The molecule has 5 heteroatoms. The topological polar surface area (TPSA) is 83.5 Å². The van der Waals surface area contributed by atoms with E-state index in [1.807, 2.05) is 0 Å². The number of aryl methyl sites for hydroxylation is 1. The third-order valence-corrected chi connectivity index (χ3v) is 2.55. The van der Waals surface area contributed by atoms with Gasteiger partial charge in [-0.3, -0.25) is 4.57 Å². The summed E-state index contributed by atoms with van der Waals surface area (Å²) in [7, 11) is -4.14. The van der Waals surface area contributed by atoms with Gasteiger partial charge in [0.1, 0.15) is 0 Å². The first-order valence-corrected chi connectivity index (χ1v) is 4.95. The van der Waals surface area contributed by atoms with E-state index in [1.165, 1.54) is 12.1 Å². The first-order chi connectivity index (χ1) is 5.41. The zero-order chi connectivity index (χ0) is 9.35. The SMILES string of the molecule is Cc1ccc(P(=O)(O)O)cc1N. The molecule has 0 aliphatic heterocycles. The molecule has 0 aromatic heterocycles. The van der Waals surface area contributed by atoms with Gasteiger partial charge in [-0.15, -0.1) is 0 Å². The van der Waals surface area contributed by atoms with Crippen molar-refractivity contribution < 1.29 is 14.4 Å². The highest BCUT2D eigenvalue weighted by Crippen LogP contribution is 2.33. The lowest BCUT2D eigenvalue weighted by atomic mass is 10.2. The Morgan fingerprint density at radius 2 is 2.00 bits per heavy atom. The summed E-state index contributed by atoms with van der Waals surface area (Å²) in [6.07, 6.45) is 0. The molecule has 0 fully saturated rings. The van der Waals surface area contributed by atoms with Crippen molar-refractivity contribution in [3.63, 3.8) is 0 Å². The van der Waals surface area contributed by atoms with Crippen LogP contribution in [0.25, 0.3) is 0 Å². The van der Waals surface area contributed by atoms with Crippen LogP contribution in [-0.4, -0.2) is 9.79 Å². The lowest BCUT2D eigenvalue weighted by molar-refractivity contribution is 0.387. The van der Waals surface area contributed by atoms with Crippen LogP contribution >= 0.6 is 7.60 Å². The standard InChI is InChI=1S/C7H10NO3P/c1-5-2-3-6(4-7(5)8)12(9,10)11/h2-4H,8H2,1H3,(H2,9,10,11). The number of benzene rings is 1. The number of hydrogen-bond donors (Lipinski definition) is 3. The molecule has 1 aromatic rings. The Morgan fingerprint density at radius 3 is 2.42 bits per heavy atom. The van der Waals surface area contributed by atoms with Gasteiger partial charge in [0.15, 0.2) is 0 Å². The summed E-state index contributed by atoms with van der Waals surface area (Å²) in [6.45, 7) is 1.78. The van der Waals surface area contributed by atoms with Gasteiger partial charge in [0.25, 0.3) is 0 Å². The summed E-state index contributed by atoms with van der Waals surface area (Å²) in [6, 6.07) is 4.27. The first-order valence-electron chi connectivity index (χ1n) is 3.33. The molecule has 0 amide bonds. The highest BCUT2D eigenvalue weighted by atomic mass is 31.2. The van der Waals surface area contributed by atoms with Gasteiger partial charge in [-0.25, -0.2) is 0 Å². The molecule has 1 aromatic carbocycles. The van der Waals surface area contributed by atoms with Crippen LogP contribution in [0.2, 0.25) is 0 Å². The molecule has 1 rings (SSSR count). The largest absolute Gasteiger partial charge is 0.398 e. The van der Waals surface area contributed by atoms with Crippen LogP contribution in [0.4, 0.5) is 5.69 Å². The second-order valence-electron chi connectivity index (χ2n) is 2.58. The molecule has 0 aliphatic rings. The molecule has 0 heterocycles. The molecule has 0 atom stereocenters. The van der Waals surface area contributed by atoms with Crippen molar-refractivity contribution in [3.8, 4) is 0 Å². The quantitative estimate of drug-likeness (QED) is 0.438. The molecule has 66 valence electrons. The van der Waals surface area contributed by atoms with Crippen LogP contribution in [-0.2, 0) is 4.57 Å². The van der Waals surface area contributed by atoms with Crippen LogP contribution in [0.1, 0.15) is 5.56 Å². The second kappa shape index (κ2) is 2.90. The Bertz CT molecular complexity index is 345. The van der Waals surface area contributed by atoms with Gasteiger partial charge >= 0.3 is 7.60 Å². The van der Waals surface area contributed by atoms with Crippen molar-refractivity contribution in [3.05, 3.63) is 23.8 Å². The van der Waals surface area contributed by atoms with Gasteiger partial charge < -0.3 is 15.5 Å². The maximum absolute atomic E-state index is 10.7. The normalized spacial score (nSPS) is 11.6.